The van der Waals surface area contributed by atoms with E-state index in [1.54, 1.807) is 7.11 Å². The molecule has 2 fully saturated rings. The number of carbonyl (C=O) groups excluding carboxylic acids is 2. The molecule has 25 heavy (non-hydrogen) atoms. The molecule has 0 radical (unpaired) electrons. The fourth-order valence-corrected chi connectivity index (χ4v) is 4.02. The average molecular weight is 354 g/mol. The van der Waals surface area contributed by atoms with Crippen molar-refractivity contribution in [1.82, 2.24) is 15.1 Å². The van der Waals surface area contributed by atoms with E-state index in [0.29, 0.717) is 31.4 Å². The molecule has 0 aromatic carbocycles. The topological polar surface area (TPSA) is 61.9 Å². The van der Waals surface area contributed by atoms with Crippen molar-refractivity contribution >= 4 is 11.8 Å². The molecular weight excluding hydrogens is 318 g/mol. The number of likely N-dealkylation sites (N-methyl/N-ethyl adjacent to an activating group) is 1. The molecule has 2 amide bonds. The standard InChI is InChI=1S/C19H35N3O3/c1-3-21-12-5-4-6-17(21)19(24)22-13-9-16(10-14-22)7-8-18(23)20-11-15-25-2/h16-17H,3-15H2,1-2H3,(H,20,23)/t17-/m1/s1. The van der Waals surface area contributed by atoms with Crippen LogP contribution in [0.1, 0.15) is 51.9 Å². The van der Waals surface area contributed by atoms with Crippen molar-refractivity contribution in [2.24, 2.45) is 5.92 Å². The first-order valence-electron chi connectivity index (χ1n) is 9.94. The molecule has 0 unspecified atom stereocenters. The van der Waals surface area contributed by atoms with Gasteiger partial charge in [0.05, 0.1) is 12.6 Å². The van der Waals surface area contributed by atoms with Gasteiger partial charge in [0.15, 0.2) is 0 Å². The first-order chi connectivity index (χ1) is 12.2. The smallest absolute Gasteiger partial charge is 0.239 e. The largest absolute Gasteiger partial charge is 0.383 e. The summed E-state index contributed by atoms with van der Waals surface area (Å²) in [5.74, 6) is 1.000. The summed E-state index contributed by atoms with van der Waals surface area (Å²) in [6, 6.07) is 0.0989. The highest BCUT2D eigenvalue weighted by molar-refractivity contribution is 5.82. The summed E-state index contributed by atoms with van der Waals surface area (Å²) in [7, 11) is 1.63. The van der Waals surface area contributed by atoms with E-state index < -0.39 is 0 Å². The molecule has 0 spiro atoms. The van der Waals surface area contributed by atoms with Gasteiger partial charge in [-0.05, 0) is 51.1 Å². The number of hydrogen-bond acceptors (Lipinski definition) is 4. The van der Waals surface area contributed by atoms with Gasteiger partial charge in [0.1, 0.15) is 0 Å². The van der Waals surface area contributed by atoms with Gasteiger partial charge in [0.25, 0.3) is 0 Å². The Kier molecular flexibility index (Phi) is 8.68. The zero-order valence-electron chi connectivity index (χ0n) is 16.0. The van der Waals surface area contributed by atoms with E-state index >= 15 is 0 Å². The molecule has 0 aromatic heterocycles. The van der Waals surface area contributed by atoms with Gasteiger partial charge in [-0.2, -0.15) is 0 Å². The third kappa shape index (κ3) is 6.26. The van der Waals surface area contributed by atoms with Crippen LogP contribution in [-0.2, 0) is 14.3 Å². The Morgan fingerprint density at radius 1 is 1.12 bits per heavy atom. The molecule has 2 saturated heterocycles. The maximum Gasteiger partial charge on any atom is 0.239 e. The number of likely N-dealkylation sites (tertiary alicyclic amines) is 2. The van der Waals surface area contributed by atoms with Crippen LogP contribution in [0.5, 0.6) is 0 Å². The highest BCUT2D eigenvalue weighted by Gasteiger charge is 2.32. The minimum absolute atomic E-state index is 0.0989. The second kappa shape index (κ2) is 10.8. The molecule has 0 saturated carbocycles. The minimum atomic E-state index is 0.0989. The van der Waals surface area contributed by atoms with E-state index in [4.69, 9.17) is 4.74 Å². The molecule has 2 heterocycles. The van der Waals surface area contributed by atoms with Crippen LogP contribution >= 0.6 is 0 Å². The van der Waals surface area contributed by atoms with Gasteiger partial charge in [-0.15, -0.1) is 0 Å². The predicted molar refractivity (Wildman–Crippen MR) is 98.3 cm³/mol. The van der Waals surface area contributed by atoms with Gasteiger partial charge in [-0.1, -0.05) is 13.3 Å². The lowest BCUT2D eigenvalue weighted by Crippen LogP contribution is -2.52. The fraction of sp³-hybridized carbons (Fsp3) is 0.895. The van der Waals surface area contributed by atoms with E-state index in [-0.39, 0.29) is 11.9 Å². The molecule has 6 heteroatoms. The first kappa shape index (κ1) is 20.2. The summed E-state index contributed by atoms with van der Waals surface area (Å²) in [6.45, 7) is 7.01. The van der Waals surface area contributed by atoms with Gasteiger partial charge in [-0.3, -0.25) is 14.5 Å². The zero-order chi connectivity index (χ0) is 18.1. The Labute approximate surface area is 152 Å². The third-order valence-electron chi connectivity index (χ3n) is 5.64. The van der Waals surface area contributed by atoms with Crippen molar-refractivity contribution in [2.45, 2.75) is 57.9 Å². The maximum atomic E-state index is 12.9. The van der Waals surface area contributed by atoms with E-state index in [1.165, 1.54) is 12.8 Å². The van der Waals surface area contributed by atoms with Crippen LogP contribution in [-0.4, -0.2) is 74.1 Å². The van der Waals surface area contributed by atoms with Crippen LogP contribution in [0, 0.1) is 5.92 Å². The van der Waals surface area contributed by atoms with Gasteiger partial charge >= 0.3 is 0 Å². The van der Waals surface area contributed by atoms with E-state index in [0.717, 1.165) is 51.9 Å². The summed E-state index contributed by atoms with van der Waals surface area (Å²) >= 11 is 0. The molecule has 0 aliphatic carbocycles. The van der Waals surface area contributed by atoms with Crippen LogP contribution in [0.4, 0.5) is 0 Å². The number of carbonyl (C=O) groups is 2. The molecule has 2 aliphatic heterocycles. The number of rotatable bonds is 8. The SMILES string of the molecule is CCN1CCCC[C@@H]1C(=O)N1CCC(CCC(=O)NCCOC)CC1. The summed E-state index contributed by atoms with van der Waals surface area (Å²) in [4.78, 5) is 29.0. The quantitative estimate of drug-likeness (QED) is 0.674. The third-order valence-corrected chi connectivity index (χ3v) is 5.64. The Morgan fingerprint density at radius 2 is 1.88 bits per heavy atom. The molecule has 144 valence electrons. The van der Waals surface area contributed by atoms with Gasteiger partial charge in [0.2, 0.25) is 11.8 Å². The number of nitrogens with zero attached hydrogens (tertiary/aromatic N) is 2. The second-order valence-corrected chi connectivity index (χ2v) is 7.29. The molecule has 2 aliphatic rings. The average Bonchev–Trinajstić information content (AvgIpc) is 2.66. The molecule has 0 bridgehead atoms. The first-order valence-corrected chi connectivity index (χ1v) is 9.94. The Hall–Kier alpha value is -1.14. The summed E-state index contributed by atoms with van der Waals surface area (Å²) < 4.78 is 4.93. The molecule has 6 nitrogen and oxygen atoms in total. The number of piperidine rings is 2. The van der Waals surface area contributed by atoms with Crippen molar-refractivity contribution in [2.75, 3.05) is 46.4 Å². The normalized spacial score (nSPS) is 22.8. The number of amides is 2. The number of hydrogen-bond donors (Lipinski definition) is 1. The van der Waals surface area contributed by atoms with Gasteiger partial charge < -0.3 is 15.0 Å². The second-order valence-electron chi connectivity index (χ2n) is 7.29. The highest BCUT2D eigenvalue weighted by Crippen LogP contribution is 2.25. The maximum absolute atomic E-state index is 12.9. The van der Waals surface area contributed by atoms with Crippen molar-refractivity contribution in [3.63, 3.8) is 0 Å². The molecule has 1 N–H and O–H groups in total. The summed E-state index contributed by atoms with van der Waals surface area (Å²) in [5.41, 5.74) is 0. The predicted octanol–water partition coefficient (Wildman–Crippen LogP) is 1.64. The Balaban J connectivity index is 1.68. The Morgan fingerprint density at radius 3 is 2.56 bits per heavy atom. The van der Waals surface area contributed by atoms with Gasteiger partial charge in [-0.25, -0.2) is 0 Å². The summed E-state index contributed by atoms with van der Waals surface area (Å²) in [5, 5.41) is 2.87. The molecule has 2 rings (SSSR count). The lowest BCUT2D eigenvalue weighted by Gasteiger charge is -2.39. The fourth-order valence-electron chi connectivity index (χ4n) is 4.02. The van der Waals surface area contributed by atoms with Crippen LogP contribution in [0.2, 0.25) is 0 Å². The van der Waals surface area contributed by atoms with Gasteiger partial charge in [0, 0.05) is 33.2 Å². The lowest BCUT2D eigenvalue weighted by molar-refractivity contribution is -0.139. The monoisotopic (exact) mass is 353 g/mol. The van der Waals surface area contributed by atoms with Crippen molar-refractivity contribution in [3.8, 4) is 0 Å². The summed E-state index contributed by atoms with van der Waals surface area (Å²) in [6.07, 6.45) is 6.94. The molecule has 0 aromatic rings. The highest BCUT2D eigenvalue weighted by atomic mass is 16.5. The molecular formula is C19H35N3O3. The van der Waals surface area contributed by atoms with E-state index in [9.17, 15) is 9.59 Å². The van der Waals surface area contributed by atoms with Crippen molar-refractivity contribution in [1.29, 1.82) is 0 Å². The van der Waals surface area contributed by atoms with Crippen molar-refractivity contribution in [3.05, 3.63) is 0 Å². The van der Waals surface area contributed by atoms with Crippen LogP contribution in [0.15, 0.2) is 0 Å². The lowest BCUT2D eigenvalue weighted by atomic mass is 9.91. The number of methoxy groups -OCH3 is 1. The van der Waals surface area contributed by atoms with Crippen LogP contribution in [0.3, 0.4) is 0 Å². The van der Waals surface area contributed by atoms with E-state index in [1.807, 2.05) is 0 Å². The minimum Gasteiger partial charge on any atom is -0.383 e. The number of ether oxygens (including phenoxy) is 1. The zero-order valence-corrected chi connectivity index (χ0v) is 16.0. The van der Waals surface area contributed by atoms with Crippen LogP contribution < -0.4 is 5.32 Å². The van der Waals surface area contributed by atoms with Crippen LogP contribution in [0.25, 0.3) is 0 Å². The Bertz CT molecular complexity index is 422. The van der Waals surface area contributed by atoms with Crippen molar-refractivity contribution < 1.29 is 14.3 Å². The molecule has 1 atom stereocenters. The van der Waals surface area contributed by atoms with E-state index in [2.05, 4.69) is 22.0 Å². The number of nitrogens with one attached hydrogen (secondary N) is 1.